The van der Waals surface area contributed by atoms with Crippen molar-refractivity contribution in [3.63, 3.8) is 0 Å². The number of nitrogen functional groups attached to an aromatic ring is 1. The molecule has 0 saturated heterocycles. The number of nitrogens with one attached hydrogen (secondary N) is 1. The Morgan fingerprint density at radius 3 is 2.65 bits per heavy atom. The highest BCUT2D eigenvalue weighted by molar-refractivity contribution is 6.33. The number of nitrogens with two attached hydrogens (primary N) is 1. The monoisotopic (exact) mass is 301 g/mol. The van der Waals surface area contributed by atoms with E-state index in [0.717, 1.165) is 0 Å². The van der Waals surface area contributed by atoms with Crippen LogP contribution in [0.15, 0.2) is 24.4 Å². The molecule has 1 heterocycles. The highest BCUT2D eigenvalue weighted by Gasteiger charge is 2.17. The molecular formula is C12H7ClF3N3O. The average Bonchev–Trinajstić information content (AvgIpc) is 2.38. The van der Waals surface area contributed by atoms with Gasteiger partial charge in [-0.2, -0.15) is 0 Å². The Balaban J connectivity index is 2.35. The molecule has 0 spiro atoms. The third-order valence-corrected chi connectivity index (χ3v) is 2.65. The molecule has 0 fully saturated rings. The second-order valence-electron chi connectivity index (χ2n) is 3.81. The van der Waals surface area contributed by atoms with Crippen molar-refractivity contribution in [1.82, 2.24) is 4.98 Å². The number of hydrogen-bond acceptors (Lipinski definition) is 3. The third-order valence-electron chi connectivity index (χ3n) is 2.35. The van der Waals surface area contributed by atoms with Gasteiger partial charge in [-0.05, 0) is 6.07 Å². The lowest BCUT2D eigenvalue weighted by atomic mass is 10.2. The van der Waals surface area contributed by atoms with Crippen LogP contribution in [-0.4, -0.2) is 10.9 Å². The molecule has 0 bridgehead atoms. The van der Waals surface area contributed by atoms with Crippen LogP contribution in [0.5, 0.6) is 0 Å². The molecule has 0 aliphatic carbocycles. The standard InChI is InChI=1S/C12H7ClF3N3O/c13-11-7(3-6(17)4-18-11)12(20)19-9-2-5(14)1-8(15)10(9)16/h1-4H,17H2,(H,19,20). The summed E-state index contributed by atoms with van der Waals surface area (Å²) in [6, 6.07) is 2.21. The van der Waals surface area contributed by atoms with Crippen molar-refractivity contribution in [3.05, 3.63) is 52.6 Å². The topological polar surface area (TPSA) is 68.0 Å². The van der Waals surface area contributed by atoms with E-state index in [1.807, 2.05) is 5.32 Å². The number of carbonyl (C=O) groups excluding carboxylic acids is 1. The average molecular weight is 302 g/mol. The van der Waals surface area contributed by atoms with Crippen LogP contribution in [0.2, 0.25) is 5.15 Å². The molecule has 20 heavy (non-hydrogen) atoms. The lowest BCUT2D eigenvalue weighted by Crippen LogP contribution is -2.15. The Morgan fingerprint density at radius 2 is 1.95 bits per heavy atom. The van der Waals surface area contributed by atoms with E-state index < -0.39 is 29.0 Å². The number of aromatic nitrogens is 1. The van der Waals surface area contributed by atoms with E-state index >= 15 is 0 Å². The van der Waals surface area contributed by atoms with Gasteiger partial charge in [-0.15, -0.1) is 0 Å². The molecule has 4 nitrogen and oxygen atoms in total. The van der Waals surface area contributed by atoms with Crippen LogP contribution in [-0.2, 0) is 0 Å². The van der Waals surface area contributed by atoms with Gasteiger partial charge in [0.15, 0.2) is 11.6 Å². The van der Waals surface area contributed by atoms with Gasteiger partial charge >= 0.3 is 0 Å². The second-order valence-corrected chi connectivity index (χ2v) is 4.17. The summed E-state index contributed by atoms with van der Waals surface area (Å²) in [6.07, 6.45) is 1.22. The summed E-state index contributed by atoms with van der Waals surface area (Å²) in [5.74, 6) is -4.72. The molecule has 0 saturated carbocycles. The van der Waals surface area contributed by atoms with E-state index in [1.54, 1.807) is 0 Å². The summed E-state index contributed by atoms with van der Waals surface area (Å²) in [5, 5.41) is 1.83. The Hall–Kier alpha value is -2.28. The SMILES string of the molecule is Nc1cnc(Cl)c(C(=O)Nc2cc(F)cc(F)c2F)c1. The first-order chi connectivity index (χ1) is 9.38. The second kappa shape index (κ2) is 5.38. The lowest BCUT2D eigenvalue weighted by Gasteiger charge is -2.08. The first-order valence-electron chi connectivity index (χ1n) is 5.25. The van der Waals surface area contributed by atoms with Crippen LogP contribution in [0, 0.1) is 17.5 Å². The number of benzene rings is 1. The molecule has 0 aliphatic rings. The minimum absolute atomic E-state index is 0.143. The first-order valence-corrected chi connectivity index (χ1v) is 5.63. The number of hydrogen-bond donors (Lipinski definition) is 2. The number of amides is 1. The number of anilines is 2. The smallest absolute Gasteiger partial charge is 0.258 e. The largest absolute Gasteiger partial charge is 0.397 e. The number of nitrogens with zero attached hydrogens (tertiary/aromatic N) is 1. The van der Waals surface area contributed by atoms with Crippen LogP contribution in [0.25, 0.3) is 0 Å². The van der Waals surface area contributed by atoms with E-state index in [0.29, 0.717) is 12.1 Å². The highest BCUT2D eigenvalue weighted by Crippen LogP contribution is 2.22. The molecule has 2 rings (SSSR count). The molecule has 0 radical (unpaired) electrons. The molecule has 1 aromatic heterocycles. The van der Waals surface area contributed by atoms with Crippen LogP contribution in [0.1, 0.15) is 10.4 Å². The fourth-order valence-corrected chi connectivity index (χ4v) is 1.65. The van der Waals surface area contributed by atoms with Gasteiger partial charge < -0.3 is 11.1 Å². The van der Waals surface area contributed by atoms with Gasteiger partial charge in [0.1, 0.15) is 11.0 Å². The van der Waals surface area contributed by atoms with E-state index in [2.05, 4.69) is 4.98 Å². The van der Waals surface area contributed by atoms with Crippen LogP contribution in [0.4, 0.5) is 24.5 Å². The van der Waals surface area contributed by atoms with E-state index in [9.17, 15) is 18.0 Å². The molecule has 1 amide bonds. The zero-order valence-corrected chi connectivity index (χ0v) is 10.5. The minimum Gasteiger partial charge on any atom is -0.397 e. The predicted octanol–water partition coefficient (Wildman–Crippen LogP) is 2.99. The maximum absolute atomic E-state index is 13.4. The lowest BCUT2D eigenvalue weighted by molar-refractivity contribution is 0.102. The molecular weight excluding hydrogens is 295 g/mol. The maximum Gasteiger partial charge on any atom is 0.258 e. The van der Waals surface area contributed by atoms with E-state index in [-0.39, 0.29) is 16.4 Å². The van der Waals surface area contributed by atoms with Gasteiger partial charge in [0, 0.05) is 12.1 Å². The Bertz CT molecular complexity index is 694. The fourth-order valence-electron chi connectivity index (χ4n) is 1.46. The van der Waals surface area contributed by atoms with Crippen molar-refractivity contribution in [2.24, 2.45) is 0 Å². The van der Waals surface area contributed by atoms with Gasteiger partial charge in [0.2, 0.25) is 0 Å². The zero-order valence-electron chi connectivity index (χ0n) is 9.75. The van der Waals surface area contributed by atoms with Gasteiger partial charge in [-0.25, -0.2) is 18.2 Å². The molecule has 0 unspecified atom stereocenters. The summed E-state index contributed by atoms with van der Waals surface area (Å²) < 4.78 is 39.4. The summed E-state index contributed by atoms with van der Waals surface area (Å²) in [5.41, 5.74) is 4.81. The Morgan fingerprint density at radius 1 is 1.25 bits per heavy atom. The van der Waals surface area contributed by atoms with Gasteiger partial charge in [-0.3, -0.25) is 4.79 Å². The van der Waals surface area contributed by atoms with E-state index in [1.165, 1.54) is 12.3 Å². The van der Waals surface area contributed by atoms with Gasteiger partial charge in [0.05, 0.1) is 23.1 Å². The van der Waals surface area contributed by atoms with Crippen molar-refractivity contribution in [2.75, 3.05) is 11.1 Å². The molecule has 0 atom stereocenters. The highest BCUT2D eigenvalue weighted by atomic mass is 35.5. The first kappa shape index (κ1) is 14.1. The van der Waals surface area contributed by atoms with Crippen molar-refractivity contribution in [2.45, 2.75) is 0 Å². The van der Waals surface area contributed by atoms with Crippen LogP contribution >= 0.6 is 11.6 Å². The molecule has 1 aromatic carbocycles. The minimum atomic E-state index is -1.42. The summed E-state index contributed by atoms with van der Waals surface area (Å²) >= 11 is 5.69. The zero-order chi connectivity index (χ0) is 14.9. The maximum atomic E-state index is 13.4. The van der Waals surface area contributed by atoms with Crippen molar-refractivity contribution >= 4 is 28.9 Å². The summed E-state index contributed by atoms with van der Waals surface area (Å²) in [7, 11) is 0. The van der Waals surface area contributed by atoms with Crippen molar-refractivity contribution < 1.29 is 18.0 Å². The molecule has 8 heteroatoms. The van der Waals surface area contributed by atoms with Crippen molar-refractivity contribution in [1.29, 1.82) is 0 Å². The third kappa shape index (κ3) is 2.83. The molecule has 3 N–H and O–H groups in total. The van der Waals surface area contributed by atoms with E-state index in [4.69, 9.17) is 17.3 Å². The van der Waals surface area contributed by atoms with Gasteiger partial charge in [-0.1, -0.05) is 11.6 Å². The molecule has 0 aliphatic heterocycles. The Kier molecular flexibility index (Phi) is 3.80. The fraction of sp³-hybridized carbons (Fsp3) is 0. The normalized spacial score (nSPS) is 10.4. The number of rotatable bonds is 2. The molecule has 2 aromatic rings. The van der Waals surface area contributed by atoms with Crippen LogP contribution < -0.4 is 11.1 Å². The van der Waals surface area contributed by atoms with Crippen LogP contribution in [0.3, 0.4) is 0 Å². The Labute approximate surface area is 116 Å². The quantitative estimate of drug-likeness (QED) is 0.662. The summed E-state index contributed by atoms with van der Waals surface area (Å²) in [4.78, 5) is 15.5. The predicted molar refractivity (Wildman–Crippen MR) is 67.9 cm³/mol. The number of halogens is 4. The van der Waals surface area contributed by atoms with Crippen molar-refractivity contribution in [3.8, 4) is 0 Å². The van der Waals surface area contributed by atoms with Gasteiger partial charge in [0.25, 0.3) is 5.91 Å². The number of carbonyl (C=O) groups is 1. The molecule has 104 valence electrons. The number of pyridine rings is 1. The summed E-state index contributed by atoms with van der Waals surface area (Å²) in [6.45, 7) is 0.